The van der Waals surface area contributed by atoms with Crippen molar-refractivity contribution in [2.45, 2.75) is 78.0 Å². The van der Waals surface area contributed by atoms with Crippen molar-refractivity contribution in [2.24, 2.45) is 0 Å². The molecule has 1 saturated carbocycles. The quantitative estimate of drug-likeness (QED) is 0.628. The number of aromatic nitrogens is 3. The Hall–Kier alpha value is -3.03. The maximum absolute atomic E-state index is 13.4. The Balaban J connectivity index is 1.72. The molecule has 1 N–H and O–H groups in total. The highest BCUT2D eigenvalue weighted by atomic mass is 16.5. The van der Waals surface area contributed by atoms with Crippen LogP contribution in [0.3, 0.4) is 0 Å². The molecule has 0 radical (unpaired) electrons. The van der Waals surface area contributed by atoms with E-state index >= 15 is 0 Å². The first kappa shape index (κ1) is 22.2. The molecule has 1 aromatic heterocycles. The number of anilines is 1. The summed E-state index contributed by atoms with van der Waals surface area (Å²) in [4.78, 5) is 17.7. The minimum atomic E-state index is -0.475. The van der Waals surface area contributed by atoms with Gasteiger partial charge in [-0.25, -0.2) is 9.48 Å². The van der Waals surface area contributed by atoms with Gasteiger partial charge >= 0.3 is 5.97 Å². The highest BCUT2D eigenvalue weighted by Gasteiger charge is 2.36. The summed E-state index contributed by atoms with van der Waals surface area (Å²) in [6.45, 7) is 8.27. The number of fused-ring (bicyclic) bond motifs is 1. The van der Waals surface area contributed by atoms with Gasteiger partial charge in [0.2, 0.25) is 5.95 Å². The largest absolute Gasteiger partial charge is 0.490 e. The molecule has 2 heterocycles. The van der Waals surface area contributed by atoms with Gasteiger partial charge in [0.1, 0.15) is 18.5 Å². The van der Waals surface area contributed by atoms with E-state index in [4.69, 9.17) is 14.2 Å². The molecule has 2 aliphatic rings. The topological polar surface area (TPSA) is 87.5 Å². The molecule has 0 bridgehead atoms. The van der Waals surface area contributed by atoms with Crippen molar-refractivity contribution in [1.29, 1.82) is 0 Å². The maximum atomic E-state index is 13.4. The number of hydrogen-bond donors (Lipinski definition) is 1. The van der Waals surface area contributed by atoms with Gasteiger partial charge in [0.15, 0.2) is 11.5 Å². The number of rotatable bonds is 7. The van der Waals surface area contributed by atoms with Crippen LogP contribution in [0.25, 0.3) is 0 Å². The molecule has 4 rings (SSSR count). The second kappa shape index (κ2) is 9.63. The number of hydrogen-bond acceptors (Lipinski definition) is 7. The maximum Gasteiger partial charge on any atom is 0.338 e. The van der Waals surface area contributed by atoms with Gasteiger partial charge in [-0.15, -0.1) is 0 Å². The van der Waals surface area contributed by atoms with Gasteiger partial charge in [0.25, 0.3) is 0 Å². The predicted molar refractivity (Wildman–Crippen MR) is 121 cm³/mol. The number of nitrogens with one attached hydrogen (secondary N) is 1. The lowest BCUT2D eigenvalue weighted by Gasteiger charge is -2.30. The summed E-state index contributed by atoms with van der Waals surface area (Å²) in [6, 6.07) is 5.28. The first-order valence-electron chi connectivity index (χ1n) is 11.5. The lowest BCUT2D eigenvalue weighted by molar-refractivity contribution is -0.146. The Morgan fingerprint density at radius 1 is 1.22 bits per heavy atom. The average molecular weight is 441 g/mol. The molecule has 172 valence electrons. The van der Waals surface area contributed by atoms with E-state index < -0.39 is 6.04 Å². The van der Waals surface area contributed by atoms with E-state index in [2.05, 4.69) is 15.4 Å². The van der Waals surface area contributed by atoms with E-state index in [1.807, 2.05) is 45.9 Å². The third-order valence-corrected chi connectivity index (χ3v) is 5.79. The summed E-state index contributed by atoms with van der Waals surface area (Å²) in [5, 5.41) is 7.60. The Kier molecular flexibility index (Phi) is 6.67. The van der Waals surface area contributed by atoms with E-state index in [1.54, 1.807) is 4.68 Å². The van der Waals surface area contributed by atoms with Crippen molar-refractivity contribution in [3.05, 3.63) is 41.4 Å². The van der Waals surface area contributed by atoms with Gasteiger partial charge in [0, 0.05) is 5.70 Å². The van der Waals surface area contributed by atoms with Crippen LogP contribution in [0.4, 0.5) is 5.95 Å². The lowest BCUT2D eigenvalue weighted by Crippen LogP contribution is -2.32. The number of ether oxygens (including phenoxy) is 3. The normalized spacial score (nSPS) is 18.8. The second-order valence-corrected chi connectivity index (χ2v) is 8.57. The second-order valence-electron chi connectivity index (χ2n) is 8.57. The van der Waals surface area contributed by atoms with E-state index in [1.165, 1.54) is 12.7 Å². The van der Waals surface area contributed by atoms with Crippen molar-refractivity contribution >= 4 is 11.9 Å². The fourth-order valence-corrected chi connectivity index (χ4v) is 4.38. The molecule has 1 fully saturated rings. The summed E-state index contributed by atoms with van der Waals surface area (Å²) < 4.78 is 19.4. The molecule has 0 saturated heterocycles. The fraction of sp³-hybridized carbons (Fsp3) is 0.542. The number of allylic oxidation sites excluding steroid dienone is 1. The summed E-state index contributed by atoms with van der Waals surface area (Å²) in [6.07, 6.45) is 6.70. The van der Waals surface area contributed by atoms with Crippen molar-refractivity contribution in [3.8, 4) is 11.5 Å². The Morgan fingerprint density at radius 2 is 2.00 bits per heavy atom. The number of esters is 1. The van der Waals surface area contributed by atoms with Gasteiger partial charge in [-0.3, -0.25) is 0 Å². The van der Waals surface area contributed by atoms with Crippen LogP contribution in [0.5, 0.6) is 11.5 Å². The molecule has 1 aliphatic heterocycles. The monoisotopic (exact) mass is 440 g/mol. The Labute approximate surface area is 189 Å². The molecule has 1 atom stereocenters. The molecule has 0 spiro atoms. The first-order valence-corrected chi connectivity index (χ1v) is 11.5. The molecule has 1 unspecified atom stereocenters. The number of carbonyl (C=O) groups excluding carboxylic acids is 1. The highest BCUT2D eigenvalue weighted by Crippen LogP contribution is 2.39. The minimum Gasteiger partial charge on any atom is -0.490 e. The van der Waals surface area contributed by atoms with Crippen molar-refractivity contribution in [2.75, 3.05) is 11.9 Å². The number of benzene rings is 1. The zero-order valence-electron chi connectivity index (χ0n) is 19.3. The smallest absolute Gasteiger partial charge is 0.338 e. The molecule has 8 nitrogen and oxygen atoms in total. The summed E-state index contributed by atoms with van der Waals surface area (Å²) in [7, 11) is 0. The predicted octanol–water partition coefficient (Wildman–Crippen LogP) is 4.63. The van der Waals surface area contributed by atoms with Crippen LogP contribution in [-0.4, -0.2) is 39.5 Å². The Morgan fingerprint density at radius 3 is 2.72 bits per heavy atom. The van der Waals surface area contributed by atoms with E-state index in [0.29, 0.717) is 29.6 Å². The number of nitrogens with zero attached hydrogens (tertiary/aromatic N) is 3. The lowest BCUT2D eigenvalue weighted by atomic mass is 9.94. The average Bonchev–Trinajstić information content (AvgIpc) is 3.22. The molecule has 0 amide bonds. The van der Waals surface area contributed by atoms with Crippen LogP contribution >= 0.6 is 0 Å². The van der Waals surface area contributed by atoms with Crippen LogP contribution in [0.1, 0.15) is 71.4 Å². The zero-order chi connectivity index (χ0) is 22.7. The van der Waals surface area contributed by atoms with Crippen LogP contribution in [0, 0.1) is 0 Å². The van der Waals surface area contributed by atoms with Crippen molar-refractivity contribution in [1.82, 2.24) is 14.8 Å². The minimum absolute atomic E-state index is 0.0176. The standard InChI is InChI=1S/C24H32N4O4/c1-5-30-20-13-17(11-12-19(20)31-15(2)3)22-21(16(4)27-24-25-14-26-28(22)24)23(29)32-18-9-7-6-8-10-18/h11-15,18,22H,5-10H2,1-4H3,(H,25,26,27). The highest BCUT2D eigenvalue weighted by molar-refractivity contribution is 5.92. The van der Waals surface area contributed by atoms with Crippen molar-refractivity contribution in [3.63, 3.8) is 0 Å². The SMILES string of the molecule is CCOc1cc(C2C(C(=O)OC3CCCCC3)=C(C)Nc3ncnn32)ccc1OC(C)C. The van der Waals surface area contributed by atoms with E-state index in [9.17, 15) is 4.79 Å². The molecule has 2 aromatic rings. The molecule has 1 aliphatic carbocycles. The van der Waals surface area contributed by atoms with E-state index in [0.717, 1.165) is 36.9 Å². The van der Waals surface area contributed by atoms with Crippen LogP contribution < -0.4 is 14.8 Å². The molecular formula is C24H32N4O4. The molecule has 32 heavy (non-hydrogen) atoms. The van der Waals surface area contributed by atoms with Crippen molar-refractivity contribution < 1.29 is 19.0 Å². The summed E-state index contributed by atoms with van der Waals surface area (Å²) in [5.41, 5.74) is 2.11. The van der Waals surface area contributed by atoms with Gasteiger partial charge in [0.05, 0.1) is 18.3 Å². The van der Waals surface area contributed by atoms with Crippen LogP contribution in [-0.2, 0) is 9.53 Å². The third kappa shape index (κ3) is 4.59. The van der Waals surface area contributed by atoms with Gasteiger partial charge < -0.3 is 19.5 Å². The Bertz CT molecular complexity index is 992. The summed E-state index contributed by atoms with van der Waals surface area (Å²) >= 11 is 0. The van der Waals surface area contributed by atoms with Crippen LogP contribution in [0.2, 0.25) is 0 Å². The molecule has 1 aromatic carbocycles. The number of carbonyl (C=O) groups is 1. The van der Waals surface area contributed by atoms with Crippen LogP contribution in [0.15, 0.2) is 35.8 Å². The van der Waals surface area contributed by atoms with E-state index in [-0.39, 0.29) is 18.2 Å². The van der Waals surface area contributed by atoms with Gasteiger partial charge in [-0.05, 0) is 71.1 Å². The molecular weight excluding hydrogens is 408 g/mol. The van der Waals surface area contributed by atoms with Gasteiger partial charge in [-0.1, -0.05) is 12.5 Å². The third-order valence-electron chi connectivity index (χ3n) is 5.79. The zero-order valence-corrected chi connectivity index (χ0v) is 19.3. The molecule has 8 heteroatoms. The first-order chi connectivity index (χ1) is 15.5. The fourth-order valence-electron chi connectivity index (χ4n) is 4.38. The van der Waals surface area contributed by atoms with Gasteiger partial charge in [-0.2, -0.15) is 10.1 Å². The summed E-state index contributed by atoms with van der Waals surface area (Å²) in [5.74, 6) is 1.58.